The number of allylic oxidation sites excluding steroid dienone is 3. The maximum Gasteiger partial charge on any atom is 0.229 e. The average Bonchev–Trinajstić information content (AvgIpc) is 2.04. The van der Waals surface area contributed by atoms with Crippen LogP contribution >= 0.6 is 0 Å². The molecule has 64 valence electrons. The Bertz CT molecular complexity index is 381. The van der Waals surface area contributed by atoms with Crippen LogP contribution in [0.1, 0.15) is 0 Å². The van der Waals surface area contributed by atoms with Crippen molar-refractivity contribution in [3.8, 4) is 0 Å². The molecule has 0 aromatic carbocycles. The highest BCUT2D eigenvalue weighted by Gasteiger charge is 2.19. The van der Waals surface area contributed by atoms with Crippen LogP contribution in [0.4, 0.5) is 0 Å². The van der Waals surface area contributed by atoms with Crippen LogP contribution in [0.25, 0.3) is 0 Å². The summed E-state index contributed by atoms with van der Waals surface area (Å²) in [5.74, 6) is -1.47. The van der Waals surface area contributed by atoms with Crippen LogP contribution in [0.15, 0.2) is 24.3 Å². The fourth-order valence-electron chi connectivity index (χ4n) is 0.918. The number of nitrogens with two attached hydrogens (primary N) is 1. The number of carbonyl (C=O) groups is 1. The normalized spacial score (nSPS) is 21.0. The molecule has 0 aliphatic heterocycles. The molecule has 1 aliphatic carbocycles. The SMILES string of the molecule is NC(=O)C1C=CC=CC1=S(=O)=O. The lowest BCUT2D eigenvalue weighted by Crippen LogP contribution is -2.29. The maximum atomic E-state index is 10.7. The molecule has 1 aliphatic rings. The van der Waals surface area contributed by atoms with E-state index < -0.39 is 22.1 Å². The van der Waals surface area contributed by atoms with E-state index >= 15 is 0 Å². The smallest absolute Gasteiger partial charge is 0.229 e. The highest BCUT2D eigenvalue weighted by atomic mass is 32.2. The van der Waals surface area contributed by atoms with Gasteiger partial charge in [0.1, 0.15) is 0 Å². The van der Waals surface area contributed by atoms with E-state index in [9.17, 15) is 13.2 Å². The van der Waals surface area contributed by atoms with Gasteiger partial charge in [-0.1, -0.05) is 18.2 Å². The third-order valence-corrected chi connectivity index (χ3v) is 2.26. The Kier molecular flexibility index (Phi) is 2.44. The summed E-state index contributed by atoms with van der Waals surface area (Å²) in [5, 5.41) is 0. The molecule has 1 unspecified atom stereocenters. The molecule has 0 radical (unpaired) electrons. The lowest BCUT2D eigenvalue weighted by Gasteiger charge is -2.07. The highest BCUT2D eigenvalue weighted by molar-refractivity contribution is 7.73. The molecule has 1 atom stereocenters. The van der Waals surface area contributed by atoms with Crippen LogP contribution in [0.5, 0.6) is 0 Å². The Morgan fingerprint density at radius 2 is 2.08 bits per heavy atom. The second kappa shape index (κ2) is 3.36. The van der Waals surface area contributed by atoms with Crippen molar-refractivity contribution in [2.75, 3.05) is 0 Å². The zero-order valence-corrected chi connectivity index (χ0v) is 6.91. The molecule has 0 fully saturated rings. The van der Waals surface area contributed by atoms with E-state index in [4.69, 9.17) is 5.73 Å². The van der Waals surface area contributed by atoms with Gasteiger partial charge in [0.25, 0.3) is 0 Å². The Hall–Kier alpha value is -1.36. The van der Waals surface area contributed by atoms with E-state index in [2.05, 4.69) is 0 Å². The lowest BCUT2D eigenvalue weighted by atomic mass is 10.0. The zero-order valence-electron chi connectivity index (χ0n) is 6.10. The Morgan fingerprint density at radius 1 is 1.42 bits per heavy atom. The van der Waals surface area contributed by atoms with Crippen molar-refractivity contribution in [1.82, 2.24) is 0 Å². The predicted octanol–water partition coefficient (Wildman–Crippen LogP) is -0.735. The summed E-state index contributed by atoms with van der Waals surface area (Å²) >= 11 is 0. The molecule has 1 amide bonds. The first-order valence-corrected chi connectivity index (χ1v) is 4.30. The lowest BCUT2D eigenvalue weighted by molar-refractivity contribution is -0.118. The third-order valence-electron chi connectivity index (χ3n) is 1.48. The molecule has 0 aromatic heterocycles. The number of carbonyl (C=O) groups excluding carboxylic acids is 1. The van der Waals surface area contributed by atoms with Gasteiger partial charge in [0.05, 0.1) is 10.8 Å². The van der Waals surface area contributed by atoms with Gasteiger partial charge in [0.15, 0.2) is 0 Å². The molecule has 0 saturated carbocycles. The standard InChI is InChI=1S/C7H7NO3S/c8-7(9)5-3-1-2-4-6(5)12(10)11/h1-5H,(H2,8,9). The highest BCUT2D eigenvalue weighted by Crippen LogP contribution is 2.07. The minimum Gasteiger partial charge on any atom is -0.369 e. The minimum absolute atomic E-state index is 0.0185. The van der Waals surface area contributed by atoms with Crippen LogP contribution in [-0.2, 0) is 15.1 Å². The Balaban J connectivity index is 3.19. The van der Waals surface area contributed by atoms with Crippen molar-refractivity contribution in [1.29, 1.82) is 0 Å². The fraction of sp³-hybridized carbons (Fsp3) is 0.143. The first-order chi connectivity index (χ1) is 5.63. The summed E-state index contributed by atoms with van der Waals surface area (Å²) in [6, 6.07) is 0. The van der Waals surface area contributed by atoms with Gasteiger partial charge >= 0.3 is 0 Å². The molecule has 0 heterocycles. The molecule has 0 bridgehead atoms. The quantitative estimate of drug-likeness (QED) is 0.547. The summed E-state index contributed by atoms with van der Waals surface area (Å²) in [6.07, 6.45) is 5.95. The van der Waals surface area contributed by atoms with E-state index in [-0.39, 0.29) is 4.86 Å². The van der Waals surface area contributed by atoms with Crippen LogP contribution in [0.2, 0.25) is 0 Å². The second-order valence-electron chi connectivity index (χ2n) is 2.26. The molecule has 0 spiro atoms. The monoisotopic (exact) mass is 185 g/mol. The number of hydrogen-bond acceptors (Lipinski definition) is 3. The molecular formula is C7H7NO3S. The van der Waals surface area contributed by atoms with Gasteiger partial charge in [0.2, 0.25) is 16.2 Å². The number of primary amides is 1. The largest absolute Gasteiger partial charge is 0.369 e. The van der Waals surface area contributed by atoms with Crippen molar-refractivity contribution in [3.05, 3.63) is 24.3 Å². The number of rotatable bonds is 1. The van der Waals surface area contributed by atoms with Gasteiger partial charge in [-0.3, -0.25) is 4.79 Å². The molecule has 4 nitrogen and oxygen atoms in total. The van der Waals surface area contributed by atoms with E-state index in [0.29, 0.717) is 0 Å². The molecule has 5 heteroatoms. The second-order valence-corrected chi connectivity index (χ2v) is 3.20. The molecule has 0 aromatic rings. The summed E-state index contributed by atoms with van der Waals surface area (Å²) in [4.78, 5) is 10.7. The van der Waals surface area contributed by atoms with Crippen LogP contribution in [0.3, 0.4) is 0 Å². The van der Waals surface area contributed by atoms with Gasteiger partial charge in [-0.15, -0.1) is 0 Å². The molecule has 0 saturated heterocycles. The van der Waals surface area contributed by atoms with Crippen molar-refractivity contribution >= 4 is 21.1 Å². The fourth-order valence-corrected chi connectivity index (χ4v) is 1.51. The molecular weight excluding hydrogens is 178 g/mol. The van der Waals surface area contributed by atoms with Crippen LogP contribution < -0.4 is 5.73 Å². The summed E-state index contributed by atoms with van der Waals surface area (Å²) in [7, 11) is -2.37. The van der Waals surface area contributed by atoms with Gasteiger partial charge in [0, 0.05) is 0 Å². The van der Waals surface area contributed by atoms with Crippen LogP contribution in [0, 0.1) is 5.92 Å². The van der Waals surface area contributed by atoms with Gasteiger partial charge < -0.3 is 5.73 Å². The summed E-state index contributed by atoms with van der Waals surface area (Å²) < 4.78 is 21.1. The van der Waals surface area contributed by atoms with E-state index in [1.54, 1.807) is 12.2 Å². The topological polar surface area (TPSA) is 77.2 Å². The van der Waals surface area contributed by atoms with Crippen molar-refractivity contribution in [3.63, 3.8) is 0 Å². The van der Waals surface area contributed by atoms with Gasteiger partial charge in [-0.2, -0.15) is 8.42 Å². The van der Waals surface area contributed by atoms with E-state index in [1.807, 2.05) is 0 Å². The number of hydrogen-bond donors (Lipinski definition) is 1. The van der Waals surface area contributed by atoms with Crippen molar-refractivity contribution < 1.29 is 13.2 Å². The average molecular weight is 185 g/mol. The first kappa shape index (κ1) is 8.73. The third kappa shape index (κ3) is 1.62. The number of amides is 1. The summed E-state index contributed by atoms with van der Waals surface area (Å²) in [5.41, 5.74) is 4.98. The summed E-state index contributed by atoms with van der Waals surface area (Å²) in [6.45, 7) is 0. The van der Waals surface area contributed by atoms with E-state index in [0.717, 1.165) is 0 Å². The predicted molar refractivity (Wildman–Crippen MR) is 44.9 cm³/mol. The van der Waals surface area contributed by atoms with Gasteiger partial charge in [-0.05, 0) is 6.08 Å². The van der Waals surface area contributed by atoms with Crippen LogP contribution in [-0.4, -0.2) is 19.2 Å². The Labute approximate surface area is 70.9 Å². The van der Waals surface area contributed by atoms with Crippen molar-refractivity contribution in [2.24, 2.45) is 11.7 Å². The molecule has 12 heavy (non-hydrogen) atoms. The zero-order chi connectivity index (χ0) is 9.14. The Morgan fingerprint density at radius 3 is 2.50 bits per heavy atom. The van der Waals surface area contributed by atoms with Gasteiger partial charge in [-0.25, -0.2) is 0 Å². The van der Waals surface area contributed by atoms with Crippen molar-refractivity contribution in [2.45, 2.75) is 0 Å². The first-order valence-electron chi connectivity index (χ1n) is 3.23. The minimum atomic E-state index is -2.37. The maximum absolute atomic E-state index is 10.7. The molecule has 1 rings (SSSR count). The van der Waals surface area contributed by atoms with E-state index in [1.165, 1.54) is 12.2 Å². The molecule has 2 N–H and O–H groups in total.